The zero-order chi connectivity index (χ0) is 38.6. The summed E-state index contributed by atoms with van der Waals surface area (Å²) < 4.78 is 96.9. The van der Waals surface area contributed by atoms with Crippen molar-refractivity contribution in [1.82, 2.24) is 29.5 Å². The molecule has 6 aromatic rings. The largest absolute Gasteiger partial charge is 1.00 e. The summed E-state index contributed by atoms with van der Waals surface area (Å²) in [5.41, 5.74) is 4.27. The molecule has 0 radical (unpaired) electrons. The predicted octanol–water partition coefficient (Wildman–Crippen LogP) is 6.61. The minimum absolute atomic E-state index is 0. The van der Waals surface area contributed by atoms with Gasteiger partial charge in [0.1, 0.15) is 46.5 Å². The molecule has 2 aliphatic rings. The van der Waals surface area contributed by atoms with Gasteiger partial charge in [-0.25, -0.2) is 17.6 Å². The third-order valence-electron chi connectivity index (χ3n) is 7.75. The van der Waals surface area contributed by atoms with Crippen molar-refractivity contribution >= 4 is 46.1 Å². The summed E-state index contributed by atoms with van der Waals surface area (Å²) in [5, 5.41) is 18.7. The molecule has 8 rings (SSSR count). The Kier molecular flexibility index (Phi) is 16.1. The normalized spacial score (nSPS) is 12.4. The fourth-order valence-corrected chi connectivity index (χ4v) is 8.61. The molecule has 2 aromatic carbocycles. The average molecular weight is 882 g/mol. The maximum atomic E-state index is 13.5. The number of hydrogen-bond donors (Lipinski definition) is 0. The Hall–Kier alpha value is -2.40. The molecule has 0 N–H and O–H groups in total. The first-order valence-electron chi connectivity index (χ1n) is 15.6. The van der Waals surface area contributed by atoms with Gasteiger partial charge in [0, 0.05) is 31.4 Å². The second-order valence-corrected chi connectivity index (χ2v) is 14.8. The molecule has 8 nitrogen and oxygen atoms in total. The van der Waals surface area contributed by atoms with E-state index in [1.54, 1.807) is 22.7 Å². The quantitative estimate of drug-likeness (QED) is 0.111. The summed E-state index contributed by atoms with van der Waals surface area (Å²) in [7, 11) is -3.67. The Morgan fingerprint density at radius 1 is 0.685 bits per heavy atom. The Morgan fingerprint density at radius 3 is 1.59 bits per heavy atom. The first-order chi connectivity index (χ1) is 25.1. The predicted molar refractivity (Wildman–Crippen MR) is 191 cm³/mol. The SMILES string of the molecule is Cc1sc2c(c1Br)COCc1nnc(C)n1-2.Cc1sc2c(c1Cc1cc(F)cc(F)c1)COCc1nnc(C)n1-2.FB(F)F.[CH2-]c1cc(F)cc(F)c1.[K+]. The van der Waals surface area contributed by atoms with Crippen molar-refractivity contribution in [3.05, 3.63) is 132 Å². The van der Waals surface area contributed by atoms with E-state index in [1.165, 1.54) is 39.7 Å². The van der Waals surface area contributed by atoms with E-state index in [9.17, 15) is 30.5 Å². The third-order valence-corrected chi connectivity index (χ3v) is 11.4. The number of fused-ring (bicyclic) bond motifs is 6. The van der Waals surface area contributed by atoms with E-state index in [4.69, 9.17) is 9.47 Å². The van der Waals surface area contributed by atoms with Crippen LogP contribution in [0.4, 0.5) is 30.5 Å². The van der Waals surface area contributed by atoms with Crippen molar-refractivity contribution in [3.63, 3.8) is 0 Å². The van der Waals surface area contributed by atoms with E-state index < -0.39 is 30.8 Å². The van der Waals surface area contributed by atoms with Gasteiger partial charge in [-0.05, 0) is 79.4 Å². The van der Waals surface area contributed by atoms with E-state index >= 15 is 0 Å². The second kappa shape index (κ2) is 19.6. The molecular formula is C34H30BBrF7KN6O2S2. The molecule has 54 heavy (non-hydrogen) atoms. The van der Waals surface area contributed by atoms with E-state index in [0.717, 1.165) is 60.9 Å². The van der Waals surface area contributed by atoms with Gasteiger partial charge < -0.3 is 9.47 Å². The molecule has 0 unspecified atom stereocenters. The average Bonchev–Trinajstić information content (AvgIpc) is 3.69. The molecule has 6 heterocycles. The zero-order valence-corrected chi connectivity index (χ0v) is 36.0. The van der Waals surface area contributed by atoms with Crippen LogP contribution in [0.2, 0.25) is 0 Å². The van der Waals surface area contributed by atoms with Gasteiger partial charge in [-0.2, -0.15) is 12.5 Å². The number of rotatable bonds is 2. The summed E-state index contributed by atoms with van der Waals surface area (Å²) in [6.07, 6.45) is 0.464. The second-order valence-electron chi connectivity index (χ2n) is 11.6. The number of thiophene rings is 2. The molecule has 0 amide bonds. The van der Waals surface area contributed by atoms with Crippen LogP contribution in [-0.4, -0.2) is 37.1 Å². The number of aromatic nitrogens is 6. The number of hydrogen-bond acceptors (Lipinski definition) is 8. The molecular weight excluding hydrogens is 851 g/mol. The summed E-state index contributed by atoms with van der Waals surface area (Å²) in [6.45, 7) is 13.4. The molecule has 20 heteroatoms. The molecule has 0 saturated carbocycles. The zero-order valence-electron chi connectivity index (χ0n) is 29.6. The van der Waals surface area contributed by atoms with Crippen LogP contribution in [0.25, 0.3) is 10.0 Å². The van der Waals surface area contributed by atoms with Crippen LogP contribution < -0.4 is 51.4 Å². The van der Waals surface area contributed by atoms with Gasteiger partial charge in [-0.15, -0.1) is 55.2 Å². The van der Waals surface area contributed by atoms with Gasteiger partial charge in [-0.3, -0.25) is 22.1 Å². The minimum Gasteiger partial charge on any atom is -0.369 e. The standard InChI is InChI=1S/C17H15F2N3OS.C10H10BrN3OS.C7H5F2.BF3.K/c1-9-14(5-11-3-12(18)6-13(19)4-11)15-7-23-8-16-21-20-10(2)22(16)17(15)24-9;1-5-9(11)7-3-15-4-8-13-12-6(2)14(8)10(7)16-5;1-5-2-6(8)4-7(9)3-5;2-1(3)4;/h3-4,6H,5,7-8H2,1-2H3;3-4H2,1-2H3;2-4H,1H2;;/q;;-1;;+1. The topological polar surface area (TPSA) is 79.9 Å². The fraction of sp³-hybridized carbons (Fsp3) is 0.265. The van der Waals surface area contributed by atoms with Crippen LogP contribution in [0.5, 0.6) is 0 Å². The van der Waals surface area contributed by atoms with Gasteiger partial charge in [-0.1, -0.05) is 0 Å². The molecule has 0 spiro atoms. The molecule has 0 bridgehead atoms. The monoisotopic (exact) mass is 880 g/mol. The number of halogens is 8. The molecule has 4 aromatic heterocycles. The number of benzene rings is 2. The summed E-state index contributed by atoms with van der Waals surface area (Å²) in [5.74, 6) is 1.09. The van der Waals surface area contributed by atoms with E-state index in [0.29, 0.717) is 44.0 Å². The molecule has 0 atom stereocenters. The summed E-state index contributed by atoms with van der Waals surface area (Å²) >= 11 is 6.99. The van der Waals surface area contributed by atoms with Gasteiger partial charge in [0.05, 0.1) is 24.8 Å². The summed E-state index contributed by atoms with van der Waals surface area (Å²) in [4.78, 5) is 2.36. The van der Waals surface area contributed by atoms with Crippen molar-refractivity contribution in [2.45, 2.75) is 60.5 Å². The van der Waals surface area contributed by atoms with Crippen LogP contribution in [0.3, 0.4) is 0 Å². The maximum absolute atomic E-state index is 13.5. The van der Waals surface area contributed by atoms with Crippen LogP contribution in [-0.2, 0) is 42.3 Å². The summed E-state index contributed by atoms with van der Waals surface area (Å²) in [6, 6.07) is 6.79. The van der Waals surface area contributed by atoms with Crippen molar-refractivity contribution < 1.29 is 91.4 Å². The first-order valence-corrected chi connectivity index (χ1v) is 18.1. The van der Waals surface area contributed by atoms with Crippen LogP contribution in [0, 0.1) is 57.9 Å². The van der Waals surface area contributed by atoms with Crippen LogP contribution in [0.1, 0.15) is 60.9 Å². The molecule has 0 aliphatic carbocycles. The smallest absolute Gasteiger partial charge is 0.369 e. The van der Waals surface area contributed by atoms with E-state index in [2.05, 4.69) is 54.7 Å². The molecule has 280 valence electrons. The third kappa shape index (κ3) is 10.9. The molecule has 0 fully saturated rings. The Labute approximate surface area is 365 Å². The number of nitrogens with zero attached hydrogens (tertiary/aromatic N) is 6. The number of aryl methyl sites for hydroxylation is 4. The fourth-order valence-electron chi connectivity index (χ4n) is 5.58. The Balaban J connectivity index is 0.000000186. The van der Waals surface area contributed by atoms with Crippen molar-refractivity contribution in [2.24, 2.45) is 0 Å². The van der Waals surface area contributed by atoms with Crippen LogP contribution >= 0.6 is 38.6 Å². The van der Waals surface area contributed by atoms with Gasteiger partial charge in [0.2, 0.25) is 0 Å². The van der Waals surface area contributed by atoms with Crippen LogP contribution in [0.15, 0.2) is 40.9 Å². The molecule has 0 saturated heterocycles. The van der Waals surface area contributed by atoms with Crippen molar-refractivity contribution in [3.8, 4) is 10.0 Å². The Bertz CT molecular complexity index is 2160. The maximum Gasteiger partial charge on any atom is 1.00 e. The van der Waals surface area contributed by atoms with Gasteiger partial charge in [0.15, 0.2) is 11.6 Å². The van der Waals surface area contributed by atoms with Gasteiger partial charge >= 0.3 is 58.9 Å². The van der Waals surface area contributed by atoms with E-state index in [-0.39, 0.29) is 51.4 Å². The molecule has 2 aliphatic heterocycles. The van der Waals surface area contributed by atoms with Gasteiger partial charge in [0.25, 0.3) is 0 Å². The minimum atomic E-state index is -3.67. The number of ether oxygens (including phenoxy) is 2. The van der Waals surface area contributed by atoms with E-state index in [1.807, 2.05) is 25.3 Å². The Morgan fingerprint density at radius 2 is 1.11 bits per heavy atom. The van der Waals surface area contributed by atoms with Crippen molar-refractivity contribution in [2.75, 3.05) is 0 Å². The first kappa shape index (κ1) is 44.3. The van der Waals surface area contributed by atoms with Crippen molar-refractivity contribution in [1.29, 1.82) is 0 Å².